The molecular weight excluding hydrogens is 451 g/mol. The molecule has 0 unspecified atom stereocenters. The molecule has 8 nitrogen and oxygen atoms in total. The minimum Gasteiger partial charge on any atom is -0.484 e. The number of carbonyl (C=O) groups is 2. The van der Waals surface area contributed by atoms with Crippen LogP contribution in [0, 0.1) is 11.7 Å². The molecule has 2 aliphatic rings. The van der Waals surface area contributed by atoms with E-state index in [1.165, 1.54) is 24.3 Å². The van der Waals surface area contributed by atoms with Gasteiger partial charge < -0.3 is 19.5 Å². The normalized spacial score (nSPS) is 21.7. The average Bonchev–Trinajstić information content (AvgIpc) is 3.65. The lowest BCUT2D eigenvalue weighted by Gasteiger charge is -2.20. The van der Waals surface area contributed by atoms with Crippen molar-refractivity contribution in [2.45, 2.75) is 37.6 Å². The second-order valence-corrected chi connectivity index (χ2v) is 9.05. The van der Waals surface area contributed by atoms with Crippen LogP contribution in [0.2, 0.25) is 0 Å². The monoisotopic (exact) mass is 478 g/mol. The van der Waals surface area contributed by atoms with Crippen LogP contribution in [0.4, 0.5) is 4.39 Å². The van der Waals surface area contributed by atoms with E-state index in [9.17, 15) is 14.0 Å². The zero-order valence-electron chi connectivity index (χ0n) is 19.2. The van der Waals surface area contributed by atoms with E-state index >= 15 is 0 Å². The molecule has 0 radical (unpaired) electrons. The molecule has 1 aliphatic heterocycles. The van der Waals surface area contributed by atoms with Crippen LogP contribution in [0.25, 0.3) is 11.4 Å². The summed E-state index contributed by atoms with van der Waals surface area (Å²) in [6.07, 6.45) is 3.06. The van der Waals surface area contributed by atoms with Gasteiger partial charge >= 0.3 is 0 Å². The maximum atomic E-state index is 13.1. The number of hydrogen-bond donors (Lipinski definition) is 1. The predicted molar refractivity (Wildman–Crippen MR) is 125 cm³/mol. The van der Waals surface area contributed by atoms with E-state index in [2.05, 4.69) is 15.5 Å². The average molecular weight is 479 g/mol. The zero-order chi connectivity index (χ0) is 24.2. The van der Waals surface area contributed by atoms with Gasteiger partial charge in [-0.1, -0.05) is 35.5 Å². The Morgan fingerprint density at radius 1 is 1.06 bits per heavy atom. The van der Waals surface area contributed by atoms with Gasteiger partial charge in [0.1, 0.15) is 11.6 Å². The molecule has 1 aliphatic carbocycles. The Morgan fingerprint density at radius 3 is 2.54 bits per heavy atom. The minimum absolute atomic E-state index is 0.120. The first-order valence-electron chi connectivity index (χ1n) is 11.9. The summed E-state index contributed by atoms with van der Waals surface area (Å²) in [5.74, 6) is 0.176. The van der Waals surface area contributed by atoms with Crippen molar-refractivity contribution in [2.24, 2.45) is 5.92 Å². The van der Waals surface area contributed by atoms with Crippen molar-refractivity contribution < 1.29 is 23.2 Å². The lowest BCUT2D eigenvalue weighted by Crippen LogP contribution is -2.40. The molecule has 2 fully saturated rings. The topological polar surface area (TPSA) is 97.6 Å². The highest BCUT2D eigenvalue weighted by atomic mass is 19.1. The number of rotatable bonds is 7. The van der Waals surface area contributed by atoms with E-state index < -0.39 is 0 Å². The molecule has 3 aromatic rings. The predicted octanol–water partition coefficient (Wildman–Crippen LogP) is 3.56. The van der Waals surface area contributed by atoms with Gasteiger partial charge in [0, 0.05) is 30.6 Å². The van der Waals surface area contributed by atoms with Crippen molar-refractivity contribution in [3.8, 4) is 17.1 Å². The summed E-state index contributed by atoms with van der Waals surface area (Å²) >= 11 is 0. The van der Waals surface area contributed by atoms with Crippen LogP contribution in [-0.4, -0.2) is 52.6 Å². The van der Waals surface area contributed by atoms with Crippen LogP contribution < -0.4 is 10.1 Å². The van der Waals surface area contributed by atoms with Crippen LogP contribution in [0.5, 0.6) is 5.75 Å². The molecule has 5 rings (SSSR count). The molecule has 0 spiro atoms. The van der Waals surface area contributed by atoms with Crippen LogP contribution in [0.15, 0.2) is 59.1 Å². The molecule has 35 heavy (non-hydrogen) atoms. The Morgan fingerprint density at radius 2 is 1.80 bits per heavy atom. The fourth-order valence-corrected chi connectivity index (χ4v) is 4.89. The second kappa shape index (κ2) is 10.2. The van der Waals surface area contributed by atoms with Gasteiger partial charge in [-0.05, 0) is 49.9 Å². The van der Waals surface area contributed by atoms with Gasteiger partial charge in [-0.3, -0.25) is 9.59 Å². The largest absolute Gasteiger partial charge is 0.484 e. The van der Waals surface area contributed by atoms with Crippen LogP contribution in [0.3, 0.4) is 0 Å². The fourth-order valence-electron chi connectivity index (χ4n) is 4.89. The zero-order valence-corrected chi connectivity index (χ0v) is 19.2. The third kappa shape index (κ3) is 5.34. The Hall–Kier alpha value is -3.75. The summed E-state index contributed by atoms with van der Waals surface area (Å²) in [4.78, 5) is 32.3. The van der Waals surface area contributed by atoms with Gasteiger partial charge in [-0.15, -0.1) is 0 Å². The standard InChI is InChI=1S/C26H27FN4O4/c27-19-8-10-20(11-9-19)34-16-23(32)28-22-15-18(26(33)31-12-4-5-13-31)14-21(22)25-29-24(30-35-25)17-6-2-1-3-7-17/h1-3,6-11,18,21-22H,4-5,12-16H2,(H,28,32)/t18-,21-,22+/m1/s1. The number of hydrogen-bond acceptors (Lipinski definition) is 6. The van der Waals surface area contributed by atoms with Crippen molar-refractivity contribution in [1.29, 1.82) is 0 Å². The first-order valence-corrected chi connectivity index (χ1v) is 11.9. The lowest BCUT2D eigenvalue weighted by atomic mass is 10.0. The molecular formula is C26H27FN4O4. The van der Waals surface area contributed by atoms with Crippen LogP contribution >= 0.6 is 0 Å². The van der Waals surface area contributed by atoms with Crippen molar-refractivity contribution in [3.05, 3.63) is 66.3 Å². The Bertz CT molecular complexity index is 1160. The highest BCUT2D eigenvalue weighted by Gasteiger charge is 2.43. The van der Waals surface area contributed by atoms with E-state index in [4.69, 9.17) is 9.26 Å². The van der Waals surface area contributed by atoms with Gasteiger partial charge in [0.25, 0.3) is 5.91 Å². The highest BCUT2D eigenvalue weighted by molar-refractivity contribution is 5.81. The van der Waals surface area contributed by atoms with E-state index in [0.29, 0.717) is 30.3 Å². The molecule has 0 bridgehead atoms. The Labute approximate surface area is 202 Å². The minimum atomic E-state index is -0.376. The summed E-state index contributed by atoms with van der Waals surface area (Å²) in [5, 5.41) is 7.12. The summed E-state index contributed by atoms with van der Waals surface area (Å²) in [7, 11) is 0. The summed E-state index contributed by atoms with van der Waals surface area (Å²) < 4.78 is 24.2. The van der Waals surface area contributed by atoms with Gasteiger partial charge in [0.15, 0.2) is 6.61 Å². The first-order chi connectivity index (χ1) is 17.1. The van der Waals surface area contributed by atoms with E-state index in [1.54, 1.807) is 0 Å². The number of amides is 2. The molecule has 2 aromatic carbocycles. The third-order valence-electron chi connectivity index (χ3n) is 6.65. The second-order valence-electron chi connectivity index (χ2n) is 9.05. The molecule has 1 aromatic heterocycles. The summed E-state index contributed by atoms with van der Waals surface area (Å²) in [5.41, 5.74) is 0.832. The fraction of sp³-hybridized carbons (Fsp3) is 0.385. The maximum Gasteiger partial charge on any atom is 0.258 e. The molecule has 2 heterocycles. The molecule has 1 saturated heterocycles. The van der Waals surface area contributed by atoms with Crippen molar-refractivity contribution >= 4 is 11.8 Å². The van der Waals surface area contributed by atoms with E-state index in [0.717, 1.165) is 31.5 Å². The SMILES string of the molecule is O=C(COc1ccc(F)cc1)N[C@H]1C[C@H](C(=O)N2CCCC2)C[C@H]1c1nc(-c2ccccc2)no1. The van der Waals surface area contributed by atoms with Crippen molar-refractivity contribution in [3.63, 3.8) is 0 Å². The van der Waals surface area contributed by atoms with Gasteiger partial charge in [-0.2, -0.15) is 4.98 Å². The van der Waals surface area contributed by atoms with Crippen LogP contribution in [0.1, 0.15) is 37.5 Å². The number of carbonyl (C=O) groups excluding carboxylic acids is 2. The smallest absolute Gasteiger partial charge is 0.258 e. The van der Waals surface area contributed by atoms with Crippen LogP contribution in [-0.2, 0) is 9.59 Å². The number of benzene rings is 2. The number of nitrogens with zero attached hydrogens (tertiary/aromatic N) is 3. The van der Waals surface area contributed by atoms with Gasteiger partial charge in [-0.25, -0.2) is 4.39 Å². The highest BCUT2D eigenvalue weighted by Crippen LogP contribution is 2.40. The number of ether oxygens (including phenoxy) is 1. The summed E-state index contributed by atoms with van der Waals surface area (Å²) in [6, 6.07) is 14.6. The molecule has 1 N–H and O–H groups in total. The molecule has 3 atom stereocenters. The van der Waals surface area contributed by atoms with Gasteiger partial charge in [0.05, 0.1) is 5.92 Å². The first kappa shape index (κ1) is 23.0. The molecule has 9 heteroatoms. The molecule has 182 valence electrons. The summed E-state index contributed by atoms with van der Waals surface area (Å²) in [6.45, 7) is 1.33. The van der Waals surface area contributed by atoms with E-state index in [-0.39, 0.29) is 42.1 Å². The van der Waals surface area contributed by atoms with Gasteiger partial charge in [0.2, 0.25) is 17.6 Å². The number of halogens is 1. The Kier molecular flexibility index (Phi) is 6.74. The molecule has 1 saturated carbocycles. The third-order valence-corrected chi connectivity index (χ3v) is 6.65. The quantitative estimate of drug-likeness (QED) is 0.558. The number of aromatic nitrogens is 2. The lowest BCUT2D eigenvalue weighted by molar-refractivity contribution is -0.134. The maximum absolute atomic E-state index is 13.1. The Balaban J connectivity index is 1.30. The molecule has 2 amide bonds. The number of nitrogens with one attached hydrogen (secondary N) is 1. The van der Waals surface area contributed by atoms with E-state index in [1.807, 2.05) is 35.2 Å². The van der Waals surface area contributed by atoms with Crippen molar-refractivity contribution in [2.75, 3.05) is 19.7 Å². The number of likely N-dealkylation sites (tertiary alicyclic amines) is 1. The van der Waals surface area contributed by atoms with Crippen molar-refractivity contribution in [1.82, 2.24) is 20.4 Å².